The fraction of sp³-hybridized carbons (Fsp3) is 0.708. The van der Waals surface area contributed by atoms with E-state index in [0.717, 1.165) is 24.5 Å². The summed E-state index contributed by atoms with van der Waals surface area (Å²) in [4.78, 5) is 36.0. The predicted molar refractivity (Wildman–Crippen MR) is 124 cm³/mol. The molecule has 8 heteroatoms. The summed E-state index contributed by atoms with van der Waals surface area (Å²) < 4.78 is 11.0. The van der Waals surface area contributed by atoms with Crippen LogP contribution < -0.4 is 0 Å². The van der Waals surface area contributed by atoms with Crippen LogP contribution in [-0.4, -0.2) is 89.1 Å². The van der Waals surface area contributed by atoms with E-state index in [2.05, 4.69) is 21.7 Å². The lowest BCUT2D eigenvalue weighted by molar-refractivity contribution is -0.157. The molecule has 0 amide bonds. The number of hydrogen-bond donors (Lipinski definition) is 0. The molecule has 1 aromatic heterocycles. The van der Waals surface area contributed by atoms with E-state index < -0.39 is 11.2 Å². The van der Waals surface area contributed by atoms with E-state index in [4.69, 9.17) is 14.5 Å². The number of carbonyl (C=O) groups excluding carboxylic acids is 2. The van der Waals surface area contributed by atoms with E-state index in [1.807, 2.05) is 59.7 Å². The number of rotatable bonds is 4. The van der Waals surface area contributed by atoms with Crippen molar-refractivity contribution in [3.63, 3.8) is 0 Å². The van der Waals surface area contributed by atoms with Crippen molar-refractivity contribution in [2.45, 2.75) is 65.8 Å². The summed E-state index contributed by atoms with van der Waals surface area (Å²) in [5.74, 6) is -0.459. The van der Waals surface area contributed by atoms with Crippen LogP contribution in [0.5, 0.6) is 0 Å². The molecule has 0 aromatic carbocycles. The van der Waals surface area contributed by atoms with Crippen molar-refractivity contribution in [3.8, 4) is 0 Å². The van der Waals surface area contributed by atoms with Gasteiger partial charge in [0, 0.05) is 39.3 Å². The van der Waals surface area contributed by atoms with Gasteiger partial charge in [-0.3, -0.25) is 24.4 Å². The first kappa shape index (κ1) is 26.2. The molecule has 1 aromatic rings. The summed E-state index contributed by atoms with van der Waals surface area (Å²) in [6, 6.07) is 5.92. The van der Waals surface area contributed by atoms with Crippen molar-refractivity contribution < 1.29 is 19.1 Å². The van der Waals surface area contributed by atoms with Gasteiger partial charge in [0.15, 0.2) is 0 Å². The third-order valence-electron chi connectivity index (χ3n) is 4.78. The van der Waals surface area contributed by atoms with Gasteiger partial charge < -0.3 is 14.4 Å². The molecule has 0 N–H and O–H groups in total. The molecule has 2 rings (SSSR count). The second-order valence-corrected chi connectivity index (χ2v) is 10.5. The van der Waals surface area contributed by atoms with E-state index in [-0.39, 0.29) is 25.0 Å². The highest BCUT2D eigenvalue weighted by Crippen LogP contribution is 2.12. The van der Waals surface area contributed by atoms with E-state index in [1.165, 1.54) is 0 Å². The Morgan fingerprint density at radius 2 is 1.22 bits per heavy atom. The molecule has 0 atom stereocenters. The zero-order valence-corrected chi connectivity index (χ0v) is 20.8. The van der Waals surface area contributed by atoms with Gasteiger partial charge >= 0.3 is 11.9 Å². The molecule has 180 valence electrons. The number of hydrogen-bond acceptors (Lipinski definition) is 8. The standard InChI is InChI=1S/C24H40N4O4/c1-23(2,3)31-21(29)17-27-13-11-26(7)12-14-28(18-22(30)32-24(4,5)6)16-20-10-8-9-19(15-27)25-20/h8-10H,11-18H2,1-7H3. The molecular formula is C24H40N4O4. The highest BCUT2D eigenvalue weighted by atomic mass is 16.6. The summed E-state index contributed by atoms with van der Waals surface area (Å²) in [6.45, 7) is 15.9. The van der Waals surface area contributed by atoms with Gasteiger partial charge in [-0.2, -0.15) is 0 Å². The Bertz CT molecular complexity index is 711. The van der Waals surface area contributed by atoms with Crippen molar-refractivity contribution >= 4 is 11.9 Å². The van der Waals surface area contributed by atoms with Crippen LogP contribution in [0, 0.1) is 0 Å². The first-order chi connectivity index (χ1) is 14.8. The summed E-state index contributed by atoms with van der Waals surface area (Å²) in [5, 5.41) is 0. The Hall–Kier alpha value is -2.03. The highest BCUT2D eigenvalue weighted by Gasteiger charge is 2.22. The molecule has 0 radical (unpaired) electrons. The lowest BCUT2D eigenvalue weighted by Crippen LogP contribution is -2.42. The van der Waals surface area contributed by atoms with Gasteiger partial charge in [0.05, 0.1) is 24.5 Å². The van der Waals surface area contributed by atoms with Gasteiger partial charge in [0.2, 0.25) is 0 Å². The number of esters is 2. The summed E-state index contributed by atoms with van der Waals surface area (Å²) >= 11 is 0. The lowest BCUT2D eigenvalue weighted by atomic mass is 10.2. The Morgan fingerprint density at radius 1 is 0.812 bits per heavy atom. The van der Waals surface area contributed by atoms with Crippen LogP contribution >= 0.6 is 0 Å². The van der Waals surface area contributed by atoms with E-state index in [9.17, 15) is 9.59 Å². The van der Waals surface area contributed by atoms with Crippen molar-refractivity contribution in [2.24, 2.45) is 0 Å². The Kier molecular flexibility index (Phi) is 9.18. The molecule has 0 saturated carbocycles. The second kappa shape index (κ2) is 11.2. The molecule has 1 aliphatic rings. The first-order valence-corrected chi connectivity index (χ1v) is 11.3. The SMILES string of the molecule is CN1CCN(CC(=O)OC(C)(C)C)Cc2cccc(n2)CN(CC(=O)OC(C)(C)C)CC1. The zero-order chi connectivity index (χ0) is 23.9. The van der Waals surface area contributed by atoms with E-state index in [0.29, 0.717) is 26.2 Å². The predicted octanol–water partition coefficient (Wildman–Crippen LogP) is 2.31. The second-order valence-electron chi connectivity index (χ2n) is 10.5. The molecule has 2 heterocycles. The van der Waals surface area contributed by atoms with Crippen LogP contribution in [0.15, 0.2) is 18.2 Å². The van der Waals surface area contributed by atoms with Crippen molar-refractivity contribution in [3.05, 3.63) is 29.6 Å². The quantitative estimate of drug-likeness (QED) is 0.650. The topological polar surface area (TPSA) is 75.2 Å². The monoisotopic (exact) mass is 448 g/mol. The maximum absolute atomic E-state index is 12.4. The van der Waals surface area contributed by atoms with Gasteiger partial charge in [-0.15, -0.1) is 0 Å². The minimum atomic E-state index is -0.504. The molecule has 2 bridgehead atoms. The Morgan fingerprint density at radius 3 is 1.59 bits per heavy atom. The Balaban J connectivity index is 2.13. The number of nitrogens with zero attached hydrogens (tertiary/aromatic N) is 4. The average molecular weight is 449 g/mol. The van der Waals surface area contributed by atoms with Gasteiger partial charge in [0.25, 0.3) is 0 Å². The van der Waals surface area contributed by atoms with Gasteiger partial charge in [-0.05, 0) is 60.7 Å². The maximum Gasteiger partial charge on any atom is 0.320 e. The molecule has 0 aliphatic carbocycles. The molecule has 8 nitrogen and oxygen atoms in total. The van der Waals surface area contributed by atoms with Crippen LogP contribution in [0.1, 0.15) is 52.9 Å². The number of likely N-dealkylation sites (N-methyl/N-ethyl adjacent to an activating group) is 1. The number of ether oxygens (including phenoxy) is 2. The minimum absolute atomic E-state index is 0.224. The van der Waals surface area contributed by atoms with Crippen LogP contribution in [0.4, 0.5) is 0 Å². The van der Waals surface area contributed by atoms with Crippen molar-refractivity contribution in [2.75, 3.05) is 46.3 Å². The molecule has 0 spiro atoms. The number of fused-ring (bicyclic) bond motifs is 2. The van der Waals surface area contributed by atoms with Gasteiger partial charge in [-0.1, -0.05) is 6.07 Å². The molecule has 0 saturated heterocycles. The highest BCUT2D eigenvalue weighted by molar-refractivity contribution is 5.72. The number of aromatic nitrogens is 1. The summed E-state index contributed by atoms with van der Waals surface area (Å²) in [5.41, 5.74) is 0.782. The summed E-state index contributed by atoms with van der Waals surface area (Å²) in [7, 11) is 2.06. The van der Waals surface area contributed by atoms with Crippen LogP contribution in [-0.2, 0) is 32.2 Å². The maximum atomic E-state index is 12.4. The van der Waals surface area contributed by atoms with Gasteiger partial charge in [-0.25, -0.2) is 0 Å². The number of carbonyl (C=O) groups is 2. The first-order valence-electron chi connectivity index (χ1n) is 11.3. The fourth-order valence-electron chi connectivity index (χ4n) is 3.44. The Labute approximate surface area is 192 Å². The normalized spacial score (nSPS) is 17.8. The largest absolute Gasteiger partial charge is 0.459 e. The lowest BCUT2D eigenvalue weighted by Gasteiger charge is -2.30. The van der Waals surface area contributed by atoms with Crippen LogP contribution in [0.25, 0.3) is 0 Å². The molecule has 0 unspecified atom stereocenters. The van der Waals surface area contributed by atoms with Crippen molar-refractivity contribution in [1.29, 1.82) is 0 Å². The summed E-state index contributed by atoms with van der Waals surface area (Å²) in [6.07, 6.45) is 0. The van der Waals surface area contributed by atoms with Crippen LogP contribution in [0.3, 0.4) is 0 Å². The minimum Gasteiger partial charge on any atom is -0.459 e. The molecule has 32 heavy (non-hydrogen) atoms. The van der Waals surface area contributed by atoms with E-state index in [1.54, 1.807) is 0 Å². The molecule has 1 aliphatic heterocycles. The van der Waals surface area contributed by atoms with Crippen molar-refractivity contribution in [1.82, 2.24) is 19.7 Å². The van der Waals surface area contributed by atoms with E-state index >= 15 is 0 Å². The fourth-order valence-corrected chi connectivity index (χ4v) is 3.44. The third kappa shape index (κ3) is 10.5. The molecule has 0 fully saturated rings. The smallest absolute Gasteiger partial charge is 0.320 e. The average Bonchev–Trinajstić information content (AvgIpc) is 2.60. The zero-order valence-electron chi connectivity index (χ0n) is 20.8. The number of pyridine rings is 1. The van der Waals surface area contributed by atoms with Gasteiger partial charge in [0.1, 0.15) is 11.2 Å². The van der Waals surface area contributed by atoms with Crippen LogP contribution in [0.2, 0.25) is 0 Å². The third-order valence-corrected chi connectivity index (χ3v) is 4.78. The molecular weight excluding hydrogens is 408 g/mol.